The van der Waals surface area contributed by atoms with Crippen LogP contribution in [-0.4, -0.2) is 11.7 Å². The summed E-state index contributed by atoms with van der Waals surface area (Å²) in [5, 5.41) is 8.71. The van der Waals surface area contributed by atoms with Crippen LogP contribution in [0.2, 0.25) is 0 Å². The Balaban J connectivity index is 3.77. The molecule has 0 saturated heterocycles. The Labute approximate surface area is 68.7 Å². The van der Waals surface area contributed by atoms with Gasteiger partial charge in [0, 0.05) is 0 Å². The number of hydrogen-bond donors (Lipinski definition) is 1. The van der Waals surface area contributed by atoms with Gasteiger partial charge in [0.05, 0.1) is 6.61 Å². The Kier molecular flexibility index (Phi) is 6.75. The van der Waals surface area contributed by atoms with Crippen molar-refractivity contribution in [2.75, 3.05) is 6.61 Å². The summed E-state index contributed by atoms with van der Waals surface area (Å²) in [5.74, 6) is 0. The molecule has 0 fully saturated rings. The molecular weight excluding hydrogens is 136 g/mol. The lowest BCUT2D eigenvalue weighted by atomic mass is 10.2. The highest BCUT2D eigenvalue weighted by Crippen LogP contribution is 1.95. The second kappa shape index (κ2) is 7.29. The minimum absolute atomic E-state index is 0.0694. The summed E-state index contributed by atoms with van der Waals surface area (Å²) in [6.07, 6.45) is 9.83. The summed E-state index contributed by atoms with van der Waals surface area (Å²) in [4.78, 5) is 0. The molecule has 0 aliphatic heterocycles. The van der Waals surface area contributed by atoms with Gasteiger partial charge in [-0.15, -0.1) is 0 Å². The molecule has 0 amide bonds. The molecule has 0 aromatic carbocycles. The maximum absolute atomic E-state index is 8.71. The third-order valence-electron chi connectivity index (χ3n) is 1.35. The van der Waals surface area contributed by atoms with Gasteiger partial charge < -0.3 is 5.11 Å². The summed E-state index contributed by atoms with van der Waals surface area (Å²) in [6, 6.07) is 0. The van der Waals surface area contributed by atoms with E-state index in [1.54, 1.807) is 6.08 Å². The molecule has 1 heteroatoms. The number of rotatable bonds is 5. The van der Waals surface area contributed by atoms with Gasteiger partial charge in [0.1, 0.15) is 0 Å². The number of aliphatic hydroxyl groups is 1. The third-order valence-corrected chi connectivity index (χ3v) is 1.35. The highest BCUT2D eigenvalue weighted by atomic mass is 16.3. The Morgan fingerprint density at radius 3 is 2.73 bits per heavy atom. The van der Waals surface area contributed by atoms with Crippen LogP contribution in [-0.2, 0) is 0 Å². The van der Waals surface area contributed by atoms with Crippen LogP contribution in [0.3, 0.4) is 0 Å². The van der Waals surface area contributed by atoms with Crippen LogP contribution < -0.4 is 0 Å². The van der Waals surface area contributed by atoms with Gasteiger partial charge in [-0.2, -0.15) is 0 Å². The van der Waals surface area contributed by atoms with Crippen LogP contribution >= 0.6 is 0 Å². The zero-order valence-electron chi connectivity index (χ0n) is 7.09. The lowest BCUT2D eigenvalue weighted by Crippen LogP contribution is -1.82. The van der Waals surface area contributed by atoms with E-state index >= 15 is 0 Å². The Morgan fingerprint density at radius 1 is 1.55 bits per heavy atom. The van der Waals surface area contributed by atoms with Crippen molar-refractivity contribution in [1.29, 1.82) is 0 Å². The molecule has 0 saturated carbocycles. The van der Waals surface area contributed by atoms with E-state index in [-0.39, 0.29) is 6.61 Å². The molecule has 0 aliphatic rings. The molecule has 0 atom stereocenters. The third kappa shape index (κ3) is 5.62. The fourth-order valence-corrected chi connectivity index (χ4v) is 0.640. The smallest absolute Gasteiger partial charge is 0.0681 e. The second-order valence-corrected chi connectivity index (χ2v) is 2.32. The highest BCUT2D eigenvalue weighted by molar-refractivity contribution is 5.22. The van der Waals surface area contributed by atoms with Crippen molar-refractivity contribution < 1.29 is 5.11 Å². The fraction of sp³-hybridized carbons (Fsp3) is 0.400. The van der Waals surface area contributed by atoms with E-state index < -0.39 is 0 Å². The lowest BCUT2D eigenvalue weighted by molar-refractivity contribution is 0.335. The van der Waals surface area contributed by atoms with E-state index in [2.05, 4.69) is 19.6 Å². The van der Waals surface area contributed by atoms with E-state index in [0.29, 0.717) is 0 Å². The summed E-state index contributed by atoms with van der Waals surface area (Å²) < 4.78 is 0. The maximum Gasteiger partial charge on any atom is 0.0681 e. The van der Waals surface area contributed by atoms with Crippen LogP contribution in [0.1, 0.15) is 19.8 Å². The van der Waals surface area contributed by atoms with Gasteiger partial charge >= 0.3 is 0 Å². The van der Waals surface area contributed by atoms with Crippen LogP contribution in [0.5, 0.6) is 0 Å². The summed E-state index contributed by atoms with van der Waals surface area (Å²) >= 11 is 0. The Hall–Kier alpha value is -0.820. The standard InChI is InChI=1S/C10H16O/c1-3-5-6-7-8-10(4-2)9-11/h4,6-8,11H,2-3,5,9H2,1H3/b7-6-,10-8+. The molecule has 0 aromatic rings. The first-order chi connectivity index (χ1) is 5.35. The largest absolute Gasteiger partial charge is 0.392 e. The van der Waals surface area contributed by atoms with Crippen LogP contribution in [0.25, 0.3) is 0 Å². The first-order valence-corrected chi connectivity index (χ1v) is 3.94. The SMILES string of the molecule is C=C/C(=C\C=C/CCC)CO. The quantitative estimate of drug-likeness (QED) is 0.600. The number of hydrogen-bond acceptors (Lipinski definition) is 1. The van der Waals surface area contributed by atoms with Crippen LogP contribution in [0.15, 0.2) is 36.5 Å². The first kappa shape index (κ1) is 10.2. The fourth-order valence-electron chi connectivity index (χ4n) is 0.640. The summed E-state index contributed by atoms with van der Waals surface area (Å²) in [5.41, 5.74) is 0.859. The lowest BCUT2D eigenvalue weighted by Gasteiger charge is -1.90. The van der Waals surface area contributed by atoms with E-state index in [9.17, 15) is 0 Å². The highest BCUT2D eigenvalue weighted by Gasteiger charge is 1.82. The van der Waals surface area contributed by atoms with Gasteiger partial charge in [-0.1, -0.05) is 44.2 Å². The average molecular weight is 152 g/mol. The molecule has 0 heterocycles. The Morgan fingerprint density at radius 2 is 2.27 bits per heavy atom. The zero-order valence-corrected chi connectivity index (χ0v) is 7.09. The molecule has 0 bridgehead atoms. The van der Waals surface area contributed by atoms with Crippen molar-refractivity contribution in [3.63, 3.8) is 0 Å². The molecule has 1 N–H and O–H groups in total. The molecule has 62 valence electrons. The van der Waals surface area contributed by atoms with Gasteiger partial charge in [0.15, 0.2) is 0 Å². The van der Waals surface area contributed by atoms with Gasteiger partial charge in [-0.05, 0) is 12.0 Å². The minimum Gasteiger partial charge on any atom is -0.392 e. The molecule has 0 aliphatic carbocycles. The monoisotopic (exact) mass is 152 g/mol. The number of aliphatic hydroxyl groups excluding tert-OH is 1. The van der Waals surface area contributed by atoms with E-state index in [4.69, 9.17) is 5.11 Å². The van der Waals surface area contributed by atoms with Gasteiger partial charge in [-0.3, -0.25) is 0 Å². The molecule has 1 nitrogen and oxygen atoms in total. The summed E-state index contributed by atoms with van der Waals surface area (Å²) in [6.45, 7) is 5.77. The van der Waals surface area contributed by atoms with Crippen LogP contribution in [0.4, 0.5) is 0 Å². The van der Waals surface area contributed by atoms with E-state index in [1.165, 1.54) is 0 Å². The molecule has 0 aromatic heterocycles. The van der Waals surface area contributed by atoms with Crippen molar-refractivity contribution in [3.8, 4) is 0 Å². The second-order valence-electron chi connectivity index (χ2n) is 2.32. The number of unbranched alkanes of at least 4 members (excludes halogenated alkanes) is 1. The molecule has 0 unspecified atom stereocenters. The first-order valence-electron chi connectivity index (χ1n) is 3.94. The van der Waals surface area contributed by atoms with Crippen molar-refractivity contribution in [2.45, 2.75) is 19.8 Å². The van der Waals surface area contributed by atoms with Crippen molar-refractivity contribution in [2.24, 2.45) is 0 Å². The average Bonchev–Trinajstić information content (AvgIpc) is 2.05. The van der Waals surface area contributed by atoms with E-state index in [1.807, 2.05) is 12.2 Å². The molecule has 0 spiro atoms. The van der Waals surface area contributed by atoms with E-state index in [0.717, 1.165) is 18.4 Å². The van der Waals surface area contributed by atoms with Gasteiger partial charge in [0.2, 0.25) is 0 Å². The molecular formula is C10H16O. The topological polar surface area (TPSA) is 20.2 Å². The number of allylic oxidation sites excluding steroid dienone is 3. The molecule has 0 rings (SSSR count). The van der Waals surface area contributed by atoms with Gasteiger partial charge in [-0.25, -0.2) is 0 Å². The Bertz CT molecular complexity index is 154. The minimum atomic E-state index is 0.0694. The molecule has 0 radical (unpaired) electrons. The van der Waals surface area contributed by atoms with Crippen LogP contribution in [0, 0.1) is 0 Å². The van der Waals surface area contributed by atoms with Crippen molar-refractivity contribution in [3.05, 3.63) is 36.5 Å². The predicted octanol–water partition coefficient (Wildman–Crippen LogP) is 2.45. The predicted molar refractivity (Wildman–Crippen MR) is 49.4 cm³/mol. The normalized spacial score (nSPS) is 12.4. The van der Waals surface area contributed by atoms with Crippen molar-refractivity contribution in [1.82, 2.24) is 0 Å². The molecule has 11 heavy (non-hydrogen) atoms. The maximum atomic E-state index is 8.71. The van der Waals surface area contributed by atoms with Crippen molar-refractivity contribution >= 4 is 0 Å². The van der Waals surface area contributed by atoms with Gasteiger partial charge in [0.25, 0.3) is 0 Å². The zero-order chi connectivity index (χ0) is 8.53. The summed E-state index contributed by atoms with van der Waals surface area (Å²) in [7, 11) is 0.